The lowest BCUT2D eigenvalue weighted by atomic mass is 10.2. The molecule has 0 bridgehead atoms. The highest BCUT2D eigenvalue weighted by molar-refractivity contribution is 7.99. The topological polar surface area (TPSA) is 73.1 Å². The van der Waals surface area contributed by atoms with Crippen molar-refractivity contribution in [3.05, 3.63) is 53.3 Å². The number of halogens is 1. The van der Waals surface area contributed by atoms with Crippen molar-refractivity contribution in [1.82, 2.24) is 4.98 Å². The largest absolute Gasteiger partial charge is 0.262 e. The third kappa shape index (κ3) is 3.70. The second-order valence-corrected chi connectivity index (χ2v) is 6.69. The van der Waals surface area contributed by atoms with E-state index < -0.39 is 10.0 Å². The quantitative estimate of drug-likeness (QED) is 0.881. The molecule has 1 aromatic heterocycles. The number of benzene rings is 1. The first-order chi connectivity index (χ1) is 8.98. The van der Waals surface area contributed by atoms with Crippen LogP contribution in [0, 0.1) is 0 Å². The normalized spacial score (nSPS) is 11.5. The second kappa shape index (κ2) is 5.92. The van der Waals surface area contributed by atoms with E-state index in [2.05, 4.69) is 4.98 Å². The summed E-state index contributed by atoms with van der Waals surface area (Å²) < 4.78 is 23.0. The first kappa shape index (κ1) is 14.3. The highest BCUT2D eigenvalue weighted by Crippen LogP contribution is 2.34. The molecule has 2 rings (SSSR count). The zero-order chi connectivity index (χ0) is 13.9. The third-order valence-corrected chi connectivity index (χ3v) is 5.01. The maximum Gasteiger partial charge on any atom is 0.240 e. The summed E-state index contributed by atoms with van der Waals surface area (Å²) in [5, 5.41) is 5.44. The van der Waals surface area contributed by atoms with Crippen molar-refractivity contribution in [3.63, 3.8) is 0 Å². The van der Waals surface area contributed by atoms with E-state index in [4.69, 9.17) is 16.7 Å². The van der Waals surface area contributed by atoms with E-state index in [9.17, 15) is 8.42 Å². The molecule has 0 radical (unpaired) electrons. The Kier molecular flexibility index (Phi) is 4.46. The average molecular weight is 315 g/mol. The Hall–Kier alpha value is -1.08. The third-order valence-electron chi connectivity index (χ3n) is 2.35. The molecule has 0 saturated carbocycles. The van der Waals surface area contributed by atoms with Crippen LogP contribution in [0.3, 0.4) is 0 Å². The fourth-order valence-electron chi connectivity index (χ4n) is 1.48. The minimum absolute atomic E-state index is 0.0408. The van der Waals surface area contributed by atoms with Crippen LogP contribution in [0.5, 0.6) is 0 Å². The number of primary sulfonamides is 1. The van der Waals surface area contributed by atoms with Gasteiger partial charge in [0.25, 0.3) is 0 Å². The number of nitrogens with two attached hydrogens (primary N) is 1. The van der Waals surface area contributed by atoms with Gasteiger partial charge in [-0.1, -0.05) is 41.9 Å². The smallest absolute Gasteiger partial charge is 0.240 e. The van der Waals surface area contributed by atoms with Crippen molar-refractivity contribution >= 4 is 33.4 Å². The van der Waals surface area contributed by atoms with Gasteiger partial charge in [-0.05, 0) is 5.56 Å². The Morgan fingerprint density at radius 3 is 2.53 bits per heavy atom. The summed E-state index contributed by atoms with van der Waals surface area (Å²) in [6, 6.07) is 9.68. The molecule has 0 unspecified atom stereocenters. The lowest BCUT2D eigenvalue weighted by Gasteiger charge is -2.08. The molecular formula is C12H11ClN2O2S2. The van der Waals surface area contributed by atoms with E-state index in [0.717, 1.165) is 5.56 Å². The van der Waals surface area contributed by atoms with Crippen molar-refractivity contribution in [3.8, 4) is 0 Å². The van der Waals surface area contributed by atoms with Gasteiger partial charge in [-0.15, -0.1) is 11.8 Å². The second-order valence-electron chi connectivity index (χ2n) is 3.77. The number of pyridine rings is 1. The molecule has 0 atom stereocenters. The van der Waals surface area contributed by atoms with Crippen LogP contribution in [0.15, 0.2) is 52.5 Å². The summed E-state index contributed by atoms with van der Waals surface area (Å²) >= 11 is 7.32. The Balaban J connectivity index is 2.30. The van der Waals surface area contributed by atoms with Gasteiger partial charge in [-0.3, -0.25) is 4.98 Å². The number of nitrogens with zero attached hydrogens (tertiary/aromatic N) is 1. The number of hydrogen-bond acceptors (Lipinski definition) is 4. The summed E-state index contributed by atoms with van der Waals surface area (Å²) in [7, 11) is -3.83. The fraction of sp³-hybridized carbons (Fsp3) is 0.0833. The van der Waals surface area contributed by atoms with Gasteiger partial charge < -0.3 is 0 Å². The zero-order valence-corrected chi connectivity index (χ0v) is 12.2. The van der Waals surface area contributed by atoms with Gasteiger partial charge >= 0.3 is 0 Å². The Labute approximate surface area is 121 Å². The van der Waals surface area contributed by atoms with E-state index in [-0.39, 0.29) is 9.92 Å². The van der Waals surface area contributed by atoms with Gasteiger partial charge in [0.05, 0.1) is 5.02 Å². The molecule has 19 heavy (non-hydrogen) atoms. The predicted octanol–water partition coefficient (Wildman–Crippen LogP) is 2.67. The van der Waals surface area contributed by atoms with E-state index in [0.29, 0.717) is 10.6 Å². The summed E-state index contributed by atoms with van der Waals surface area (Å²) in [5.74, 6) is 0.604. The Morgan fingerprint density at radius 1 is 1.21 bits per heavy atom. The number of thioether (sulfide) groups is 1. The van der Waals surface area contributed by atoms with Crippen LogP contribution >= 0.6 is 23.4 Å². The molecule has 2 aromatic rings. The van der Waals surface area contributed by atoms with Gasteiger partial charge in [0.2, 0.25) is 10.0 Å². The lowest BCUT2D eigenvalue weighted by Crippen LogP contribution is -2.13. The number of sulfonamides is 1. The molecule has 0 amide bonds. The maximum atomic E-state index is 11.5. The standard InChI is InChI=1S/C12H11ClN2O2S2/c13-10-6-15-7-11(19(14,16)17)12(10)18-8-9-4-2-1-3-5-9/h1-7H,8H2,(H2,14,16,17). The molecule has 0 spiro atoms. The highest BCUT2D eigenvalue weighted by Gasteiger charge is 2.17. The number of hydrogen-bond donors (Lipinski definition) is 1. The van der Waals surface area contributed by atoms with Crippen LogP contribution < -0.4 is 5.14 Å². The molecule has 0 aliphatic heterocycles. The average Bonchev–Trinajstić information content (AvgIpc) is 2.37. The van der Waals surface area contributed by atoms with Gasteiger partial charge in [-0.25, -0.2) is 13.6 Å². The SMILES string of the molecule is NS(=O)(=O)c1cncc(Cl)c1SCc1ccccc1. The van der Waals surface area contributed by atoms with Gasteiger partial charge in [-0.2, -0.15) is 0 Å². The van der Waals surface area contributed by atoms with Crippen molar-refractivity contribution in [1.29, 1.82) is 0 Å². The Bertz CT molecular complexity index is 675. The molecule has 100 valence electrons. The van der Waals surface area contributed by atoms with Crippen LogP contribution in [0.1, 0.15) is 5.56 Å². The van der Waals surface area contributed by atoms with Crippen LogP contribution in [-0.2, 0) is 15.8 Å². The van der Waals surface area contributed by atoms with Crippen LogP contribution in [0.25, 0.3) is 0 Å². The molecule has 0 fully saturated rings. The predicted molar refractivity (Wildman–Crippen MR) is 76.6 cm³/mol. The van der Waals surface area contributed by atoms with Gasteiger partial charge in [0.1, 0.15) is 4.90 Å². The Morgan fingerprint density at radius 2 is 1.89 bits per heavy atom. The summed E-state index contributed by atoms with van der Waals surface area (Å²) in [5.41, 5.74) is 1.07. The molecule has 0 aliphatic rings. The molecule has 1 heterocycles. The summed E-state index contributed by atoms with van der Waals surface area (Å²) in [4.78, 5) is 4.15. The molecule has 0 saturated heterocycles. The van der Waals surface area contributed by atoms with E-state index >= 15 is 0 Å². The lowest BCUT2D eigenvalue weighted by molar-refractivity contribution is 0.595. The molecule has 7 heteroatoms. The van der Waals surface area contributed by atoms with Crippen LogP contribution in [0.4, 0.5) is 0 Å². The van der Waals surface area contributed by atoms with Crippen LogP contribution in [0.2, 0.25) is 5.02 Å². The van der Waals surface area contributed by atoms with E-state index in [1.807, 2.05) is 30.3 Å². The van der Waals surface area contributed by atoms with Gasteiger partial charge in [0, 0.05) is 23.0 Å². The molecule has 0 aliphatic carbocycles. The van der Waals surface area contributed by atoms with E-state index in [1.165, 1.54) is 24.2 Å². The molecule has 1 aromatic carbocycles. The molecule has 4 nitrogen and oxygen atoms in total. The first-order valence-corrected chi connectivity index (χ1v) is 8.22. The van der Waals surface area contributed by atoms with Crippen molar-refractivity contribution in [2.45, 2.75) is 15.5 Å². The molecule has 2 N–H and O–H groups in total. The van der Waals surface area contributed by atoms with Crippen molar-refractivity contribution in [2.75, 3.05) is 0 Å². The minimum Gasteiger partial charge on any atom is -0.262 e. The highest BCUT2D eigenvalue weighted by atomic mass is 35.5. The van der Waals surface area contributed by atoms with Crippen molar-refractivity contribution < 1.29 is 8.42 Å². The maximum absolute atomic E-state index is 11.5. The zero-order valence-electron chi connectivity index (χ0n) is 9.78. The number of aromatic nitrogens is 1. The van der Waals surface area contributed by atoms with Gasteiger partial charge in [0.15, 0.2) is 0 Å². The van der Waals surface area contributed by atoms with E-state index in [1.54, 1.807) is 0 Å². The fourth-order valence-corrected chi connectivity index (χ4v) is 3.85. The number of rotatable bonds is 4. The first-order valence-electron chi connectivity index (χ1n) is 5.31. The summed E-state index contributed by atoms with van der Waals surface area (Å²) in [6.45, 7) is 0. The monoisotopic (exact) mass is 314 g/mol. The molecular weight excluding hydrogens is 304 g/mol. The summed E-state index contributed by atoms with van der Waals surface area (Å²) in [6.07, 6.45) is 2.62. The minimum atomic E-state index is -3.83. The van der Waals surface area contributed by atoms with Crippen molar-refractivity contribution in [2.24, 2.45) is 5.14 Å². The van der Waals surface area contributed by atoms with Crippen LogP contribution in [-0.4, -0.2) is 13.4 Å².